The quantitative estimate of drug-likeness (QED) is 0.661. The maximum atomic E-state index is 4.65. The van der Waals surface area contributed by atoms with Crippen LogP contribution in [-0.4, -0.2) is 18.7 Å². The van der Waals surface area contributed by atoms with E-state index in [1.54, 1.807) is 12.5 Å². The van der Waals surface area contributed by atoms with Crippen LogP contribution in [0.25, 0.3) is 6.08 Å². The minimum atomic E-state index is 1.00. The van der Waals surface area contributed by atoms with Gasteiger partial charge in [0.05, 0.1) is 6.20 Å². The Hall–Kier alpha value is -1.09. The first-order valence-corrected chi connectivity index (χ1v) is 3.64. The fraction of sp³-hybridized carbons (Fsp3) is 0.375. The first-order chi connectivity index (χ1) is 5.43. The zero-order valence-electron chi connectivity index (χ0n) is 6.58. The molecule has 1 heterocycles. The molecule has 1 N–H and O–H groups in total. The van der Waals surface area contributed by atoms with E-state index >= 15 is 0 Å². The van der Waals surface area contributed by atoms with Gasteiger partial charge in [-0.3, -0.25) is 0 Å². The summed E-state index contributed by atoms with van der Waals surface area (Å²) in [6.07, 6.45) is 8.42. The lowest BCUT2D eigenvalue weighted by atomic mass is 10.3. The van der Waals surface area contributed by atoms with Gasteiger partial charge < -0.3 is 9.84 Å². The SMILES string of the molecule is CNCCC=Cc1cnoc1. The number of nitrogens with one attached hydrogen (secondary N) is 1. The summed E-state index contributed by atoms with van der Waals surface area (Å²) in [6.45, 7) is 1.00. The summed E-state index contributed by atoms with van der Waals surface area (Å²) in [5.41, 5.74) is 1.01. The fourth-order valence-corrected chi connectivity index (χ4v) is 0.742. The Morgan fingerprint density at radius 3 is 3.27 bits per heavy atom. The molecule has 1 aromatic rings. The van der Waals surface area contributed by atoms with E-state index in [2.05, 4.69) is 21.1 Å². The van der Waals surface area contributed by atoms with E-state index in [-0.39, 0.29) is 0 Å². The van der Waals surface area contributed by atoms with Crippen molar-refractivity contribution in [3.05, 3.63) is 24.1 Å². The molecule has 3 nitrogen and oxygen atoms in total. The second-order valence-electron chi connectivity index (χ2n) is 2.25. The van der Waals surface area contributed by atoms with Crippen LogP contribution < -0.4 is 5.32 Å². The molecule has 0 aliphatic heterocycles. The molecule has 0 saturated heterocycles. The van der Waals surface area contributed by atoms with Crippen molar-refractivity contribution in [3.63, 3.8) is 0 Å². The number of aromatic nitrogens is 1. The van der Waals surface area contributed by atoms with Crippen LogP contribution in [-0.2, 0) is 0 Å². The van der Waals surface area contributed by atoms with Gasteiger partial charge >= 0.3 is 0 Å². The van der Waals surface area contributed by atoms with Crippen molar-refractivity contribution in [3.8, 4) is 0 Å². The molecule has 0 saturated carbocycles. The third kappa shape index (κ3) is 3.00. The predicted molar refractivity (Wildman–Crippen MR) is 44.1 cm³/mol. The largest absolute Gasteiger partial charge is 0.364 e. The molecule has 0 bridgehead atoms. The zero-order valence-corrected chi connectivity index (χ0v) is 6.58. The standard InChI is InChI=1S/C8H12N2O/c1-9-5-3-2-4-8-6-10-11-7-8/h2,4,6-7,9H,3,5H2,1H3. The van der Waals surface area contributed by atoms with Crippen molar-refractivity contribution in [1.29, 1.82) is 0 Å². The molecule has 0 atom stereocenters. The van der Waals surface area contributed by atoms with E-state index < -0.39 is 0 Å². The maximum absolute atomic E-state index is 4.65. The monoisotopic (exact) mass is 152 g/mol. The third-order valence-corrected chi connectivity index (χ3v) is 1.32. The lowest BCUT2D eigenvalue weighted by molar-refractivity contribution is 0.419. The van der Waals surface area contributed by atoms with Gasteiger partial charge in [0, 0.05) is 5.56 Å². The minimum Gasteiger partial charge on any atom is -0.364 e. The van der Waals surface area contributed by atoms with Crippen molar-refractivity contribution in [2.24, 2.45) is 0 Å². The fourth-order valence-electron chi connectivity index (χ4n) is 0.742. The molecule has 0 aliphatic carbocycles. The molecule has 60 valence electrons. The molecular weight excluding hydrogens is 140 g/mol. The van der Waals surface area contributed by atoms with Crippen molar-refractivity contribution < 1.29 is 4.52 Å². The molecule has 11 heavy (non-hydrogen) atoms. The van der Waals surface area contributed by atoms with Gasteiger partial charge in [-0.05, 0) is 20.0 Å². The van der Waals surface area contributed by atoms with Crippen LogP contribution in [0.3, 0.4) is 0 Å². The molecule has 0 unspecified atom stereocenters. The molecule has 0 aromatic carbocycles. The summed E-state index contributed by atoms with van der Waals surface area (Å²) in [5, 5.41) is 6.64. The molecule has 0 spiro atoms. The number of rotatable bonds is 4. The summed E-state index contributed by atoms with van der Waals surface area (Å²) in [6, 6.07) is 0. The Balaban J connectivity index is 2.25. The van der Waals surface area contributed by atoms with Crippen molar-refractivity contribution in [1.82, 2.24) is 10.5 Å². The van der Waals surface area contributed by atoms with Crippen LogP contribution in [0, 0.1) is 0 Å². The average molecular weight is 152 g/mol. The third-order valence-electron chi connectivity index (χ3n) is 1.32. The first kappa shape index (κ1) is 8.01. The molecule has 0 amide bonds. The van der Waals surface area contributed by atoms with Crippen LogP contribution in [0.15, 0.2) is 23.1 Å². The van der Waals surface area contributed by atoms with Crippen LogP contribution >= 0.6 is 0 Å². The lowest BCUT2D eigenvalue weighted by Gasteiger charge is -1.89. The zero-order chi connectivity index (χ0) is 7.94. The lowest BCUT2D eigenvalue weighted by Crippen LogP contribution is -2.05. The van der Waals surface area contributed by atoms with Crippen LogP contribution in [0.2, 0.25) is 0 Å². The summed E-state index contributed by atoms with van der Waals surface area (Å²) in [5.74, 6) is 0. The summed E-state index contributed by atoms with van der Waals surface area (Å²) in [7, 11) is 1.94. The van der Waals surface area contributed by atoms with E-state index in [4.69, 9.17) is 0 Å². The second kappa shape index (κ2) is 4.68. The van der Waals surface area contributed by atoms with Gasteiger partial charge in [-0.2, -0.15) is 0 Å². The Kier molecular flexibility index (Phi) is 3.41. The molecule has 0 fully saturated rings. The minimum absolute atomic E-state index is 1.00. The maximum Gasteiger partial charge on any atom is 0.131 e. The summed E-state index contributed by atoms with van der Waals surface area (Å²) < 4.78 is 4.65. The van der Waals surface area contributed by atoms with E-state index in [1.807, 2.05) is 13.1 Å². The second-order valence-corrected chi connectivity index (χ2v) is 2.25. The Morgan fingerprint density at radius 1 is 1.73 bits per heavy atom. The van der Waals surface area contributed by atoms with Gasteiger partial charge in [0.15, 0.2) is 0 Å². The van der Waals surface area contributed by atoms with Crippen LogP contribution in [0.1, 0.15) is 12.0 Å². The average Bonchev–Trinajstić information content (AvgIpc) is 2.50. The van der Waals surface area contributed by atoms with Gasteiger partial charge in [0.1, 0.15) is 6.26 Å². The smallest absolute Gasteiger partial charge is 0.131 e. The molecular formula is C8H12N2O. The summed E-state index contributed by atoms with van der Waals surface area (Å²) in [4.78, 5) is 0. The molecule has 0 aliphatic rings. The molecule has 0 radical (unpaired) electrons. The normalized spacial score (nSPS) is 11.0. The number of nitrogens with zero attached hydrogens (tertiary/aromatic N) is 1. The van der Waals surface area contributed by atoms with Gasteiger partial charge in [0.25, 0.3) is 0 Å². The van der Waals surface area contributed by atoms with Gasteiger partial charge in [-0.1, -0.05) is 17.3 Å². The van der Waals surface area contributed by atoms with Gasteiger partial charge in [-0.25, -0.2) is 0 Å². The number of hydrogen-bond acceptors (Lipinski definition) is 3. The molecule has 1 rings (SSSR count). The van der Waals surface area contributed by atoms with Crippen LogP contribution in [0.4, 0.5) is 0 Å². The van der Waals surface area contributed by atoms with E-state index in [0.29, 0.717) is 0 Å². The highest BCUT2D eigenvalue weighted by Crippen LogP contribution is 1.99. The Morgan fingerprint density at radius 2 is 2.64 bits per heavy atom. The van der Waals surface area contributed by atoms with E-state index in [9.17, 15) is 0 Å². The Labute approximate surface area is 66.1 Å². The van der Waals surface area contributed by atoms with Gasteiger partial charge in [-0.15, -0.1) is 0 Å². The van der Waals surface area contributed by atoms with Crippen LogP contribution in [0.5, 0.6) is 0 Å². The summed E-state index contributed by atoms with van der Waals surface area (Å²) >= 11 is 0. The van der Waals surface area contributed by atoms with Crippen molar-refractivity contribution in [2.45, 2.75) is 6.42 Å². The number of hydrogen-bond donors (Lipinski definition) is 1. The highest BCUT2D eigenvalue weighted by atomic mass is 16.5. The highest BCUT2D eigenvalue weighted by molar-refractivity contribution is 5.45. The van der Waals surface area contributed by atoms with Crippen molar-refractivity contribution >= 4 is 6.08 Å². The Bertz CT molecular complexity index is 204. The molecule has 1 aromatic heterocycles. The van der Waals surface area contributed by atoms with E-state index in [1.165, 1.54) is 0 Å². The predicted octanol–water partition coefficient (Wildman–Crippen LogP) is 1.30. The van der Waals surface area contributed by atoms with Crippen molar-refractivity contribution in [2.75, 3.05) is 13.6 Å². The van der Waals surface area contributed by atoms with Gasteiger partial charge in [0.2, 0.25) is 0 Å². The topological polar surface area (TPSA) is 38.1 Å². The highest BCUT2D eigenvalue weighted by Gasteiger charge is 1.85. The van der Waals surface area contributed by atoms with E-state index in [0.717, 1.165) is 18.5 Å². The molecule has 3 heteroatoms. The first-order valence-electron chi connectivity index (χ1n) is 3.64.